The van der Waals surface area contributed by atoms with Crippen molar-refractivity contribution in [2.24, 2.45) is 4.99 Å². The second-order valence-electron chi connectivity index (χ2n) is 5.71. The SMILES string of the molecule is COc1c(Cl)cc(Cl)cc1C(=O)N=c1sccn1C(=O)c1cc(Cl)cc(Cl)c1OC. The number of nitrogens with zero attached hydrogens (tertiary/aromatic N) is 2. The zero-order valence-corrected chi connectivity index (χ0v) is 19.3. The highest BCUT2D eigenvalue weighted by Crippen LogP contribution is 2.33. The van der Waals surface area contributed by atoms with Crippen LogP contribution in [0, 0.1) is 0 Å². The number of hydrogen-bond acceptors (Lipinski definition) is 5. The van der Waals surface area contributed by atoms with Crippen molar-refractivity contribution < 1.29 is 19.1 Å². The molecule has 0 bridgehead atoms. The van der Waals surface area contributed by atoms with Gasteiger partial charge < -0.3 is 9.47 Å². The molecule has 0 spiro atoms. The van der Waals surface area contributed by atoms with Crippen molar-refractivity contribution in [1.82, 2.24) is 4.57 Å². The van der Waals surface area contributed by atoms with Crippen LogP contribution in [0.4, 0.5) is 0 Å². The van der Waals surface area contributed by atoms with Crippen LogP contribution < -0.4 is 14.3 Å². The third-order valence-corrected chi connectivity index (χ3v) is 5.65. The predicted molar refractivity (Wildman–Crippen MR) is 118 cm³/mol. The molecule has 0 saturated heterocycles. The Morgan fingerprint density at radius 2 is 1.43 bits per heavy atom. The molecule has 0 saturated carbocycles. The summed E-state index contributed by atoms with van der Waals surface area (Å²) in [6.07, 6.45) is 1.47. The van der Waals surface area contributed by atoms with Gasteiger partial charge in [-0.2, -0.15) is 4.99 Å². The molecule has 3 rings (SSSR count). The monoisotopic (exact) mass is 504 g/mol. The average Bonchev–Trinajstić information content (AvgIpc) is 3.14. The van der Waals surface area contributed by atoms with E-state index in [1.165, 1.54) is 49.2 Å². The van der Waals surface area contributed by atoms with Crippen molar-refractivity contribution in [2.45, 2.75) is 0 Å². The number of halogens is 4. The highest BCUT2D eigenvalue weighted by atomic mass is 35.5. The Hall–Kier alpha value is -2.03. The average molecular weight is 506 g/mol. The second kappa shape index (κ2) is 9.41. The molecule has 156 valence electrons. The molecule has 11 heteroatoms. The summed E-state index contributed by atoms with van der Waals surface area (Å²) in [6.45, 7) is 0. The van der Waals surface area contributed by atoms with Crippen LogP contribution in [0.2, 0.25) is 20.1 Å². The Morgan fingerprint density at radius 1 is 0.900 bits per heavy atom. The molecule has 3 aromatic rings. The first-order valence-electron chi connectivity index (χ1n) is 8.12. The molecule has 2 aromatic carbocycles. The van der Waals surface area contributed by atoms with Crippen LogP contribution in [0.1, 0.15) is 20.7 Å². The molecule has 0 atom stereocenters. The number of carbonyl (C=O) groups is 2. The molecule has 0 fully saturated rings. The van der Waals surface area contributed by atoms with Crippen molar-refractivity contribution in [1.29, 1.82) is 0 Å². The largest absolute Gasteiger partial charge is 0.494 e. The van der Waals surface area contributed by atoms with Gasteiger partial charge in [0.2, 0.25) is 0 Å². The van der Waals surface area contributed by atoms with E-state index in [1.54, 1.807) is 5.38 Å². The van der Waals surface area contributed by atoms with Crippen molar-refractivity contribution in [2.75, 3.05) is 14.2 Å². The third kappa shape index (κ3) is 4.50. The number of carbonyl (C=O) groups excluding carboxylic acids is 2. The number of rotatable bonds is 4. The maximum absolute atomic E-state index is 13.1. The lowest BCUT2D eigenvalue weighted by molar-refractivity contribution is 0.0952. The van der Waals surface area contributed by atoms with Gasteiger partial charge in [-0.15, -0.1) is 11.3 Å². The van der Waals surface area contributed by atoms with E-state index >= 15 is 0 Å². The standard InChI is InChI=1S/C19H12Cl4N2O4S/c1-28-15-11(5-9(20)7-13(15)22)17(26)24-19-25(3-4-30-19)18(27)12-6-10(21)8-14(23)16(12)29-2/h3-8H,1-2H3. The lowest BCUT2D eigenvalue weighted by atomic mass is 10.2. The summed E-state index contributed by atoms with van der Waals surface area (Å²) in [6, 6.07) is 5.71. The molecular formula is C19H12Cl4N2O4S. The molecule has 0 aliphatic heterocycles. The van der Waals surface area contributed by atoms with Crippen molar-refractivity contribution in [3.05, 3.63) is 71.9 Å². The normalized spacial score (nSPS) is 11.5. The molecule has 0 aliphatic carbocycles. The smallest absolute Gasteiger partial charge is 0.283 e. The van der Waals surface area contributed by atoms with Gasteiger partial charge in [0.1, 0.15) is 11.5 Å². The van der Waals surface area contributed by atoms with Crippen LogP contribution in [0.3, 0.4) is 0 Å². The Balaban J connectivity index is 2.10. The minimum absolute atomic E-state index is 0.0609. The summed E-state index contributed by atoms with van der Waals surface area (Å²) < 4.78 is 11.6. The lowest BCUT2D eigenvalue weighted by Crippen LogP contribution is -2.24. The summed E-state index contributed by atoms with van der Waals surface area (Å²) in [7, 11) is 2.75. The molecule has 0 radical (unpaired) electrons. The molecular weight excluding hydrogens is 494 g/mol. The maximum atomic E-state index is 13.1. The van der Waals surface area contributed by atoms with Gasteiger partial charge in [-0.05, 0) is 24.3 Å². The van der Waals surface area contributed by atoms with Crippen LogP contribution in [0.15, 0.2) is 40.8 Å². The minimum Gasteiger partial charge on any atom is -0.494 e. The first kappa shape index (κ1) is 22.7. The fourth-order valence-corrected chi connectivity index (χ4v) is 4.48. The number of ether oxygens (including phenoxy) is 2. The zero-order chi connectivity index (χ0) is 22.0. The highest BCUT2D eigenvalue weighted by molar-refractivity contribution is 7.07. The third-order valence-electron chi connectivity index (χ3n) is 3.89. The number of thiazole rings is 1. The van der Waals surface area contributed by atoms with Gasteiger partial charge in [0.25, 0.3) is 11.8 Å². The number of methoxy groups -OCH3 is 2. The van der Waals surface area contributed by atoms with E-state index in [-0.39, 0.29) is 47.5 Å². The molecule has 0 unspecified atom stereocenters. The molecule has 1 heterocycles. The minimum atomic E-state index is -0.684. The Morgan fingerprint density at radius 3 is 2.00 bits per heavy atom. The summed E-state index contributed by atoms with van der Waals surface area (Å²) in [5.74, 6) is -0.922. The fraction of sp³-hybridized carbons (Fsp3) is 0.105. The van der Waals surface area contributed by atoms with Crippen LogP contribution in [-0.2, 0) is 0 Å². The Kier molecular flexibility index (Phi) is 7.10. The molecule has 1 aromatic heterocycles. The number of hydrogen-bond donors (Lipinski definition) is 0. The lowest BCUT2D eigenvalue weighted by Gasteiger charge is -2.11. The van der Waals surface area contributed by atoms with Crippen molar-refractivity contribution in [3.8, 4) is 11.5 Å². The highest BCUT2D eigenvalue weighted by Gasteiger charge is 2.21. The van der Waals surface area contributed by atoms with Gasteiger partial charge in [0.05, 0.1) is 35.4 Å². The van der Waals surface area contributed by atoms with E-state index in [0.717, 1.165) is 11.3 Å². The van der Waals surface area contributed by atoms with E-state index in [0.29, 0.717) is 0 Å². The van der Waals surface area contributed by atoms with E-state index in [4.69, 9.17) is 55.9 Å². The van der Waals surface area contributed by atoms with Crippen LogP contribution in [0.25, 0.3) is 0 Å². The maximum Gasteiger partial charge on any atom is 0.283 e. The number of aromatic nitrogens is 1. The first-order valence-corrected chi connectivity index (χ1v) is 10.5. The fourth-order valence-electron chi connectivity index (χ4n) is 2.64. The van der Waals surface area contributed by atoms with E-state index in [1.807, 2.05) is 0 Å². The Labute approximate surface area is 195 Å². The van der Waals surface area contributed by atoms with Gasteiger partial charge in [-0.25, -0.2) is 0 Å². The molecule has 6 nitrogen and oxygen atoms in total. The summed E-state index contributed by atoms with van der Waals surface area (Å²) in [4.78, 5) is 30.0. The number of benzene rings is 2. The topological polar surface area (TPSA) is 69.9 Å². The van der Waals surface area contributed by atoms with Crippen molar-refractivity contribution >= 4 is 69.6 Å². The van der Waals surface area contributed by atoms with Crippen molar-refractivity contribution in [3.63, 3.8) is 0 Å². The van der Waals surface area contributed by atoms with Gasteiger partial charge >= 0.3 is 0 Å². The molecule has 0 N–H and O–H groups in total. The zero-order valence-electron chi connectivity index (χ0n) is 15.4. The second-order valence-corrected chi connectivity index (χ2v) is 8.27. The van der Waals surface area contributed by atoms with Gasteiger partial charge in [0, 0.05) is 21.6 Å². The summed E-state index contributed by atoms with van der Waals surface area (Å²) in [5, 5.41) is 2.44. The van der Waals surface area contributed by atoms with Gasteiger partial charge in [-0.1, -0.05) is 46.4 Å². The van der Waals surface area contributed by atoms with Gasteiger partial charge in [0.15, 0.2) is 4.80 Å². The summed E-state index contributed by atoms with van der Waals surface area (Å²) in [5.41, 5.74) is 0.177. The van der Waals surface area contributed by atoms with Crippen LogP contribution in [0.5, 0.6) is 11.5 Å². The van der Waals surface area contributed by atoms with Crippen LogP contribution >= 0.6 is 57.7 Å². The van der Waals surface area contributed by atoms with E-state index < -0.39 is 11.8 Å². The van der Waals surface area contributed by atoms with E-state index in [9.17, 15) is 9.59 Å². The Bertz CT molecular complexity index is 1220. The van der Waals surface area contributed by atoms with Crippen LogP contribution in [-0.4, -0.2) is 30.6 Å². The molecule has 1 amide bonds. The molecule has 0 aliphatic rings. The summed E-state index contributed by atoms with van der Waals surface area (Å²) >= 11 is 25.3. The van der Waals surface area contributed by atoms with Gasteiger partial charge in [-0.3, -0.25) is 14.2 Å². The number of amides is 1. The van der Waals surface area contributed by atoms with E-state index in [2.05, 4.69) is 4.99 Å². The first-order chi connectivity index (χ1) is 14.3. The predicted octanol–water partition coefficient (Wildman–Crippen LogP) is 5.61. The quantitative estimate of drug-likeness (QED) is 0.462. The molecule has 30 heavy (non-hydrogen) atoms.